The lowest BCUT2D eigenvalue weighted by molar-refractivity contribution is 0.852. The summed E-state index contributed by atoms with van der Waals surface area (Å²) in [6.07, 6.45) is 3.49. The van der Waals surface area contributed by atoms with Crippen LogP contribution in [0.5, 0.6) is 0 Å². The van der Waals surface area contributed by atoms with E-state index >= 15 is 0 Å². The van der Waals surface area contributed by atoms with Crippen LogP contribution in [0.3, 0.4) is 0 Å². The lowest BCUT2D eigenvalue weighted by atomic mass is 10.1. The first-order valence-electron chi connectivity index (χ1n) is 5.18. The lowest BCUT2D eigenvalue weighted by Gasteiger charge is -2.04. The van der Waals surface area contributed by atoms with Gasteiger partial charge in [0.25, 0.3) is 0 Å². The van der Waals surface area contributed by atoms with Gasteiger partial charge in [0, 0.05) is 23.8 Å². The predicted molar refractivity (Wildman–Crippen MR) is 63.6 cm³/mol. The van der Waals surface area contributed by atoms with Gasteiger partial charge in [-0.3, -0.25) is 0 Å². The molecule has 0 spiro atoms. The highest BCUT2D eigenvalue weighted by molar-refractivity contribution is 5.85. The molecule has 0 fully saturated rings. The highest BCUT2D eigenvalue weighted by Crippen LogP contribution is 2.18. The summed E-state index contributed by atoms with van der Waals surface area (Å²) in [6.45, 7) is 0. The van der Waals surface area contributed by atoms with E-state index in [4.69, 9.17) is 5.26 Å². The zero-order valence-corrected chi connectivity index (χ0v) is 8.91. The number of benzene rings is 1. The van der Waals surface area contributed by atoms with Crippen molar-refractivity contribution < 1.29 is 0 Å². The maximum Gasteiger partial charge on any atom is 0.155 e. The van der Waals surface area contributed by atoms with Crippen molar-refractivity contribution in [3.05, 3.63) is 54.4 Å². The summed E-state index contributed by atoms with van der Waals surface area (Å²) in [6, 6.07) is 13.4. The lowest BCUT2D eigenvalue weighted by Crippen LogP contribution is -1.99. The van der Waals surface area contributed by atoms with E-state index in [0.29, 0.717) is 11.4 Å². The maximum atomic E-state index is 9.15. The standard InChI is InChI=1S/C13H8N4/c14-9-10-8-13(17-7-3-6-15-17)16-12-5-2-1-4-11(10)12/h1-8H. The fourth-order valence-electron chi connectivity index (χ4n) is 1.78. The van der Waals surface area contributed by atoms with Crippen LogP contribution >= 0.6 is 0 Å². The fourth-order valence-corrected chi connectivity index (χ4v) is 1.78. The zero-order valence-electron chi connectivity index (χ0n) is 8.91. The van der Waals surface area contributed by atoms with Crippen LogP contribution in [-0.2, 0) is 0 Å². The SMILES string of the molecule is N#Cc1cc(-n2cccn2)nc2ccccc12. The number of rotatable bonds is 1. The minimum Gasteiger partial charge on any atom is -0.229 e. The largest absolute Gasteiger partial charge is 0.229 e. The first-order chi connectivity index (χ1) is 8.38. The van der Waals surface area contributed by atoms with Gasteiger partial charge >= 0.3 is 0 Å². The topological polar surface area (TPSA) is 54.5 Å². The summed E-state index contributed by atoms with van der Waals surface area (Å²) >= 11 is 0. The average Bonchev–Trinajstić information content (AvgIpc) is 2.91. The molecule has 4 heteroatoms. The smallest absolute Gasteiger partial charge is 0.155 e. The molecular weight excluding hydrogens is 212 g/mol. The second-order valence-electron chi connectivity index (χ2n) is 3.61. The Hall–Kier alpha value is -2.67. The van der Waals surface area contributed by atoms with Crippen molar-refractivity contribution in [3.63, 3.8) is 0 Å². The Morgan fingerprint density at radius 3 is 2.82 bits per heavy atom. The van der Waals surface area contributed by atoms with Crippen LogP contribution in [-0.4, -0.2) is 14.8 Å². The van der Waals surface area contributed by atoms with Crippen LogP contribution in [0.15, 0.2) is 48.8 Å². The number of hydrogen-bond donors (Lipinski definition) is 0. The van der Waals surface area contributed by atoms with E-state index in [9.17, 15) is 0 Å². The van der Waals surface area contributed by atoms with Crippen LogP contribution < -0.4 is 0 Å². The van der Waals surface area contributed by atoms with Gasteiger partial charge in [0.15, 0.2) is 5.82 Å². The molecule has 3 aromatic rings. The molecule has 0 atom stereocenters. The molecule has 0 unspecified atom stereocenters. The van der Waals surface area contributed by atoms with Crippen LogP contribution in [0.2, 0.25) is 0 Å². The normalized spacial score (nSPS) is 10.3. The van der Waals surface area contributed by atoms with E-state index in [2.05, 4.69) is 16.2 Å². The highest BCUT2D eigenvalue weighted by atomic mass is 15.3. The number of fused-ring (bicyclic) bond motifs is 1. The number of nitrogens with zero attached hydrogens (tertiary/aromatic N) is 4. The van der Waals surface area contributed by atoms with Crippen LogP contribution in [0.1, 0.15) is 5.56 Å². The van der Waals surface area contributed by atoms with Crippen molar-refractivity contribution in [2.75, 3.05) is 0 Å². The van der Waals surface area contributed by atoms with Crippen molar-refractivity contribution >= 4 is 10.9 Å². The highest BCUT2D eigenvalue weighted by Gasteiger charge is 2.06. The third-order valence-corrected chi connectivity index (χ3v) is 2.56. The van der Waals surface area contributed by atoms with E-state index in [-0.39, 0.29) is 0 Å². The summed E-state index contributed by atoms with van der Waals surface area (Å²) in [7, 11) is 0. The second kappa shape index (κ2) is 3.72. The first kappa shape index (κ1) is 9.55. The molecule has 2 aromatic heterocycles. The molecule has 4 nitrogen and oxygen atoms in total. The Balaban J connectivity index is 2.33. The van der Waals surface area contributed by atoms with Gasteiger partial charge in [-0.15, -0.1) is 0 Å². The number of pyridine rings is 1. The van der Waals surface area contributed by atoms with Crippen LogP contribution in [0.25, 0.3) is 16.7 Å². The molecule has 0 aliphatic heterocycles. The minimum absolute atomic E-state index is 0.612. The molecule has 0 saturated heterocycles. The molecule has 80 valence electrons. The molecular formula is C13H8N4. The van der Waals surface area contributed by atoms with Crippen LogP contribution in [0, 0.1) is 11.3 Å². The van der Waals surface area contributed by atoms with Gasteiger partial charge in [0.05, 0.1) is 17.1 Å². The van der Waals surface area contributed by atoms with E-state index in [1.54, 1.807) is 23.1 Å². The monoisotopic (exact) mass is 220 g/mol. The van der Waals surface area contributed by atoms with Crippen molar-refractivity contribution in [2.24, 2.45) is 0 Å². The van der Waals surface area contributed by atoms with Gasteiger partial charge in [-0.2, -0.15) is 10.4 Å². The van der Waals surface area contributed by atoms with Crippen molar-refractivity contribution in [1.29, 1.82) is 5.26 Å². The predicted octanol–water partition coefficient (Wildman–Crippen LogP) is 2.29. The average molecular weight is 220 g/mol. The summed E-state index contributed by atoms with van der Waals surface area (Å²) in [5, 5.41) is 14.1. The summed E-state index contributed by atoms with van der Waals surface area (Å²) in [5.74, 6) is 0.658. The molecule has 0 N–H and O–H groups in total. The Morgan fingerprint density at radius 2 is 2.06 bits per heavy atom. The number of nitriles is 1. The molecule has 0 radical (unpaired) electrons. The molecule has 0 aliphatic rings. The van der Waals surface area contributed by atoms with E-state index < -0.39 is 0 Å². The van der Waals surface area contributed by atoms with Gasteiger partial charge in [0.1, 0.15) is 0 Å². The van der Waals surface area contributed by atoms with E-state index in [1.807, 2.05) is 30.3 Å². The van der Waals surface area contributed by atoms with Crippen molar-refractivity contribution in [2.45, 2.75) is 0 Å². The van der Waals surface area contributed by atoms with Gasteiger partial charge in [-0.1, -0.05) is 18.2 Å². The molecule has 0 saturated carbocycles. The Bertz CT molecular complexity index is 708. The van der Waals surface area contributed by atoms with Gasteiger partial charge in [0.2, 0.25) is 0 Å². The molecule has 3 rings (SSSR count). The molecule has 0 amide bonds. The summed E-state index contributed by atoms with van der Waals surface area (Å²) < 4.78 is 1.65. The molecule has 0 aliphatic carbocycles. The molecule has 17 heavy (non-hydrogen) atoms. The maximum absolute atomic E-state index is 9.15. The number of aromatic nitrogens is 3. The van der Waals surface area contributed by atoms with Gasteiger partial charge < -0.3 is 0 Å². The zero-order chi connectivity index (χ0) is 11.7. The van der Waals surface area contributed by atoms with E-state index in [1.165, 1.54) is 0 Å². The van der Waals surface area contributed by atoms with Crippen LogP contribution in [0.4, 0.5) is 0 Å². The molecule has 2 heterocycles. The van der Waals surface area contributed by atoms with Gasteiger partial charge in [-0.05, 0) is 12.1 Å². The minimum atomic E-state index is 0.612. The third-order valence-electron chi connectivity index (χ3n) is 2.56. The van der Waals surface area contributed by atoms with Gasteiger partial charge in [-0.25, -0.2) is 9.67 Å². The second-order valence-corrected chi connectivity index (χ2v) is 3.61. The number of para-hydroxylation sites is 1. The molecule has 1 aromatic carbocycles. The Labute approximate surface area is 97.8 Å². The first-order valence-corrected chi connectivity index (χ1v) is 5.18. The molecule has 0 bridgehead atoms. The quantitative estimate of drug-likeness (QED) is 0.632. The summed E-state index contributed by atoms with van der Waals surface area (Å²) in [4.78, 5) is 4.48. The fraction of sp³-hybridized carbons (Fsp3) is 0. The number of hydrogen-bond acceptors (Lipinski definition) is 3. The Morgan fingerprint density at radius 1 is 1.18 bits per heavy atom. The van der Waals surface area contributed by atoms with E-state index in [0.717, 1.165) is 10.9 Å². The Kier molecular flexibility index (Phi) is 2.09. The van der Waals surface area contributed by atoms with Crippen molar-refractivity contribution in [1.82, 2.24) is 14.8 Å². The summed E-state index contributed by atoms with van der Waals surface area (Å²) in [5.41, 5.74) is 1.41. The van der Waals surface area contributed by atoms with Crippen molar-refractivity contribution in [3.8, 4) is 11.9 Å². The third kappa shape index (κ3) is 1.54.